The lowest BCUT2D eigenvalue weighted by Crippen LogP contribution is -2.40. The number of phenolic OH excluding ortho intramolecular Hbond substituents is 1. The summed E-state index contributed by atoms with van der Waals surface area (Å²) in [6.45, 7) is 4.21. The number of thioether (sulfide) groups is 1. The second-order valence-electron chi connectivity index (χ2n) is 6.05. The standard InChI is InChI=1S/C19H22N2O2S/c1-2-12-20-19-21(15-9-4-3-5-10-15)18(23)17(24-19)13-14-8-6-7-11-16(14)22/h2,6-8,11,13,15,22H,1,3-5,9-10,12H2/b17-13-,20-19?. The molecule has 0 bridgehead atoms. The molecule has 1 aromatic rings. The Bertz CT molecular complexity index is 690. The first-order valence-corrected chi connectivity index (χ1v) is 9.19. The van der Waals surface area contributed by atoms with Crippen LogP contribution in [0, 0.1) is 0 Å². The molecule has 4 nitrogen and oxygen atoms in total. The molecule has 1 N–H and O–H groups in total. The number of amidine groups is 1. The molecule has 1 saturated heterocycles. The van der Waals surface area contributed by atoms with E-state index in [2.05, 4.69) is 11.6 Å². The first-order valence-electron chi connectivity index (χ1n) is 8.37. The van der Waals surface area contributed by atoms with E-state index in [-0.39, 0.29) is 17.7 Å². The molecule has 0 aromatic heterocycles. The fourth-order valence-electron chi connectivity index (χ4n) is 3.15. The Morgan fingerprint density at radius 3 is 2.75 bits per heavy atom. The highest BCUT2D eigenvalue weighted by Crippen LogP contribution is 2.38. The molecule has 0 radical (unpaired) electrons. The van der Waals surface area contributed by atoms with Crippen molar-refractivity contribution in [1.82, 2.24) is 4.90 Å². The summed E-state index contributed by atoms with van der Waals surface area (Å²) in [5, 5.41) is 10.7. The third-order valence-electron chi connectivity index (χ3n) is 4.36. The molecule has 1 aromatic carbocycles. The van der Waals surface area contributed by atoms with Crippen molar-refractivity contribution < 1.29 is 9.90 Å². The van der Waals surface area contributed by atoms with Gasteiger partial charge in [0.15, 0.2) is 5.17 Å². The molecule has 1 aliphatic heterocycles. The van der Waals surface area contributed by atoms with Gasteiger partial charge >= 0.3 is 0 Å². The van der Waals surface area contributed by atoms with Crippen LogP contribution < -0.4 is 0 Å². The molecule has 2 fully saturated rings. The van der Waals surface area contributed by atoms with Crippen LogP contribution in [0.5, 0.6) is 5.75 Å². The molecule has 0 spiro atoms. The monoisotopic (exact) mass is 342 g/mol. The van der Waals surface area contributed by atoms with Crippen molar-refractivity contribution in [3.05, 3.63) is 47.4 Å². The van der Waals surface area contributed by atoms with Crippen molar-refractivity contribution in [2.75, 3.05) is 6.54 Å². The maximum Gasteiger partial charge on any atom is 0.267 e. The number of aromatic hydroxyl groups is 1. The number of phenols is 1. The SMILES string of the molecule is C=CCN=C1S/C(=C\c2ccccc2O)C(=O)N1C1CCCCC1. The summed E-state index contributed by atoms with van der Waals surface area (Å²) in [6.07, 6.45) is 9.12. The summed E-state index contributed by atoms with van der Waals surface area (Å²) in [7, 11) is 0. The van der Waals surface area contributed by atoms with Gasteiger partial charge in [0.05, 0.1) is 11.4 Å². The third kappa shape index (κ3) is 3.56. The Kier molecular flexibility index (Phi) is 5.41. The lowest BCUT2D eigenvalue weighted by molar-refractivity contribution is -0.124. The fourth-order valence-corrected chi connectivity index (χ4v) is 4.19. The van der Waals surface area contributed by atoms with Crippen molar-refractivity contribution in [2.45, 2.75) is 38.1 Å². The molecule has 0 atom stereocenters. The quantitative estimate of drug-likeness (QED) is 0.659. The minimum Gasteiger partial charge on any atom is -0.507 e. The van der Waals surface area contributed by atoms with E-state index < -0.39 is 0 Å². The smallest absolute Gasteiger partial charge is 0.267 e. The summed E-state index contributed by atoms with van der Waals surface area (Å²) in [5.41, 5.74) is 0.655. The van der Waals surface area contributed by atoms with E-state index in [0.717, 1.165) is 30.9 Å². The van der Waals surface area contributed by atoms with E-state index in [1.807, 2.05) is 11.0 Å². The topological polar surface area (TPSA) is 52.9 Å². The molecular formula is C19H22N2O2S. The van der Waals surface area contributed by atoms with Gasteiger partial charge < -0.3 is 5.11 Å². The molecule has 1 saturated carbocycles. The van der Waals surface area contributed by atoms with Gasteiger partial charge in [-0.2, -0.15) is 0 Å². The van der Waals surface area contributed by atoms with E-state index in [0.29, 0.717) is 17.0 Å². The maximum absolute atomic E-state index is 12.9. The van der Waals surface area contributed by atoms with Crippen LogP contribution in [0.2, 0.25) is 0 Å². The van der Waals surface area contributed by atoms with Gasteiger partial charge in [-0.1, -0.05) is 43.5 Å². The van der Waals surface area contributed by atoms with E-state index in [1.54, 1.807) is 30.4 Å². The first-order chi connectivity index (χ1) is 11.7. The second kappa shape index (κ2) is 7.71. The van der Waals surface area contributed by atoms with Crippen LogP contribution in [-0.2, 0) is 4.79 Å². The van der Waals surface area contributed by atoms with E-state index in [9.17, 15) is 9.90 Å². The normalized spacial score (nSPS) is 22.5. The molecule has 126 valence electrons. The molecule has 3 rings (SSSR count). The number of hydrogen-bond donors (Lipinski definition) is 1. The van der Waals surface area contributed by atoms with E-state index >= 15 is 0 Å². The van der Waals surface area contributed by atoms with Gasteiger partial charge in [0.1, 0.15) is 5.75 Å². The second-order valence-corrected chi connectivity index (χ2v) is 7.06. The van der Waals surface area contributed by atoms with Crippen LogP contribution in [0.1, 0.15) is 37.7 Å². The van der Waals surface area contributed by atoms with Gasteiger partial charge in [0.25, 0.3) is 5.91 Å². The highest BCUT2D eigenvalue weighted by Gasteiger charge is 2.38. The van der Waals surface area contributed by atoms with Gasteiger partial charge in [-0.25, -0.2) is 0 Å². The number of nitrogens with zero attached hydrogens (tertiary/aromatic N) is 2. The number of rotatable bonds is 4. The molecule has 1 heterocycles. The van der Waals surface area contributed by atoms with Gasteiger partial charge in [-0.05, 0) is 36.7 Å². The molecule has 24 heavy (non-hydrogen) atoms. The average Bonchev–Trinajstić information content (AvgIpc) is 2.91. The Morgan fingerprint density at radius 2 is 2.04 bits per heavy atom. The third-order valence-corrected chi connectivity index (χ3v) is 5.38. The zero-order valence-corrected chi connectivity index (χ0v) is 14.5. The zero-order valence-electron chi connectivity index (χ0n) is 13.6. The highest BCUT2D eigenvalue weighted by molar-refractivity contribution is 8.18. The van der Waals surface area contributed by atoms with E-state index in [4.69, 9.17) is 0 Å². The average molecular weight is 342 g/mol. The van der Waals surface area contributed by atoms with Crippen LogP contribution in [-0.4, -0.2) is 33.7 Å². The van der Waals surface area contributed by atoms with Gasteiger partial charge in [-0.3, -0.25) is 14.7 Å². The van der Waals surface area contributed by atoms with Crippen molar-refractivity contribution in [2.24, 2.45) is 4.99 Å². The number of amides is 1. The van der Waals surface area contributed by atoms with Crippen LogP contribution in [0.4, 0.5) is 0 Å². The maximum atomic E-state index is 12.9. The van der Waals surface area contributed by atoms with Crippen LogP contribution in [0.15, 0.2) is 46.8 Å². The lowest BCUT2D eigenvalue weighted by atomic mass is 9.94. The van der Waals surface area contributed by atoms with E-state index in [1.165, 1.54) is 18.2 Å². The Balaban J connectivity index is 1.91. The molecule has 5 heteroatoms. The van der Waals surface area contributed by atoms with Gasteiger partial charge in [-0.15, -0.1) is 6.58 Å². The fraction of sp³-hybridized carbons (Fsp3) is 0.368. The van der Waals surface area contributed by atoms with Crippen molar-refractivity contribution >= 4 is 28.9 Å². The number of para-hydroxylation sites is 1. The van der Waals surface area contributed by atoms with Crippen molar-refractivity contribution in [3.63, 3.8) is 0 Å². The first kappa shape index (κ1) is 16.8. The van der Waals surface area contributed by atoms with Gasteiger partial charge in [0, 0.05) is 11.6 Å². The van der Waals surface area contributed by atoms with Crippen LogP contribution >= 0.6 is 11.8 Å². The van der Waals surface area contributed by atoms with Crippen molar-refractivity contribution in [3.8, 4) is 5.75 Å². The summed E-state index contributed by atoms with van der Waals surface area (Å²) in [6, 6.07) is 7.29. The number of hydrogen-bond acceptors (Lipinski definition) is 4. The Hall–Kier alpha value is -2.01. The Morgan fingerprint density at radius 1 is 1.29 bits per heavy atom. The number of carbonyl (C=O) groups excluding carboxylic acids is 1. The molecule has 2 aliphatic rings. The van der Waals surface area contributed by atoms with Gasteiger partial charge in [0.2, 0.25) is 0 Å². The lowest BCUT2D eigenvalue weighted by Gasteiger charge is -2.30. The largest absolute Gasteiger partial charge is 0.507 e. The molecule has 1 aliphatic carbocycles. The van der Waals surface area contributed by atoms with Crippen molar-refractivity contribution in [1.29, 1.82) is 0 Å². The minimum absolute atomic E-state index is 0.00188. The van der Waals surface area contributed by atoms with Crippen LogP contribution in [0.25, 0.3) is 6.08 Å². The minimum atomic E-state index is -0.00188. The number of benzene rings is 1. The summed E-state index contributed by atoms with van der Waals surface area (Å²) in [4.78, 5) is 19.9. The number of carbonyl (C=O) groups is 1. The number of aliphatic imine (C=N–C) groups is 1. The summed E-state index contributed by atoms with van der Waals surface area (Å²) < 4.78 is 0. The zero-order chi connectivity index (χ0) is 16.9. The highest BCUT2D eigenvalue weighted by atomic mass is 32.2. The molecule has 0 unspecified atom stereocenters. The predicted molar refractivity (Wildman–Crippen MR) is 99.9 cm³/mol. The molecule has 1 amide bonds. The summed E-state index contributed by atoms with van der Waals surface area (Å²) >= 11 is 1.39. The Labute approximate surface area is 147 Å². The van der Waals surface area contributed by atoms with Crippen LogP contribution in [0.3, 0.4) is 0 Å². The summed E-state index contributed by atoms with van der Waals surface area (Å²) in [5.74, 6) is 0.178. The predicted octanol–water partition coefficient (Wildman–Crippen LogP) is 4.18. The molecular weight excluding hydrogens is 320 g/mol.